The molecule has 3 rings (SSSR count). The number of amides is 1. The Balaban J connectivity index is 1.71. The molecule has 0 atom stereocenters. The summed E-state index contributed by atoms with van der Waals surface area (Å²) in [6.45, 7) is 3.71. The minimum atomic E-state index is -0.266. The van der Waals surface area contributed by atoms with Crippen LogP contribution in [0.15, 0.2) is 41.8 Å². The van der Waals surface area contributed by atoms with Gasteiger partial charge in [-0.1, -0.05) is 6.07 Å². The topological polar surface area (TPSA) is 94.7 Å². The second-order valence-electron chi connectivity index (χ2n) is 6.08. The van der Waals surface area contributed by atoms with Gasteiger partial charge >= 0.3 is 0 Å². The summed E-state index contributed by atoms with van der Waals surface area (Å²) in [6.07, 6.45) is 6.70. The van der Waals surface area contributed by atoms with Gasteiger partial charge in [-0.15, -0.1) is 0 Å². The van der Waals surface area contributed by atoms with Gasteiger partial charge in [-0.2, -0.15) is 5.10 Å². The summed E-state index contributed by atoms with van der Waals surface area (Å²) in [5.41, 5.74) is 3.54. The Hall–Kier alpha value is -3.29. The highest BCUT2D eigenvalue weighted by atomic mass is 16.2. The number of pyridine rings is 1. The molecule has 0 aliphatic rings. The number of hydrogen-bond donors (Lipinski definition) is 1. The second-order valence-corrected chi connectivity index (χ2v) is 6.08. The molecule has 3 heterocycles. The van der Waals surface area contributed by atoms with Crippen molar-refractivity contribution in [1.29, 1.82) is 0 Å². The van der Waals surface area contributed by atoms with Gasteiger partial charge in [-0.25, -0.2) is 4.98 Å². The number of nitrogens with one attached hydrogen (secondary N) is 1. The third kappa shape index (κ3) is 3.69. The highest BCUT2D eigenvalue weighted by Crippen LogP contribution is 2.20. The number of hydrogen-bond acceptors (Lipinski definition) is 5. The molecule has 0 saturated carbocycles. The van der Waals surface area contributed by atoms with E-state index in [1.54, 1.807) is 30.9 Å². The molecule has 0 spiro atoms. The van der Waals surface area contributed by atoms with Crippen molar-refractivity contribution in [2.75, 3.05) is 0 Å². The van der Waals surface area contributed by atoms with Gasteiger partial charge in [0, 0.05) is 42.8 Å². The lowest BCUT2D eigenvalue weighted by Crippen LogP contribution is -2.33. The molecule has 3 aromatic rings. The first-order valence-electron chi connectivity index (χ1n) is 8.18. The van der Waals surface area contributed by atoms with Crippen molar-refractivity contribution in [1.82, 2.24) is 29.6 Å². The Bertz CT molecular complexity index is 1000. The van der Waals surface area contributed by atoms with Crippen LogP contribution < -0.4 is 10.9 Å². The summed E-state index contributed by atoms with van der Waals surface area (Å²) in [7, 11) is 1.84. The number of rotatable bonds is 5. The van der Waals surface area contributed by atoms with E-state index in [-0.39, 0.29) is 18.0 Å². The van der Waals surface area contributed by atoms with Crippen molar-refractivity contribution in [2.24, 2.45) is 7.05 Å². The van der Waals surface area contributed by atoms with Crippen molar-refractivity contribution in [3.05, 3.63) is 64.2 Å². The van der Waals surface area contributed by atoms with Crippen LogP contribution in [0.5, 0.6) is 0 Å². The largest absolute Gasteiger partial charge is 0.350 e. The maximum Gasteiger partial charge on any atom is 0.256 e. The minimum Gasteiger partial charge on any atom is -0.350 e. The van der Waals surface area contributed by atoms with E-state index < -0.39 is 0 Å². The monoisotopic (exact) mass is 352 g/mol. The highest BCUT2D eigenvalue weighted by Gasteiger charge is 2.11. The molecule has 0 fully saturated rings. The molecular formula is C18H20N6O2. The van der Waals surface area contributed by atoms with Gasteiger partial charge in [0.15, 0.2) is 0 Å². The smallest absolute Gasteiger partial charge is 0.256 e. The van der Waals surface area contributed by atoms with Crippen molar-refractivity contribution in [3.63, 3.8) is 0 Å². The van der Waals surface area contributed by atoms with Crippen LogP contribution in [0.4, 0.5) is 0 Å². The lowest BCUT2D eigenvalue weighted by molar-refractivity contribution is -0.121. The highest BCUT2D eigenvalue weighted by molar-refractivity contribution is 5.76. The summed E-state index contributed by atoms with van der Waals surface area (Å²) < 4.78 is 3.01. The predicted octanol–water partition coefficient (Wildman–Crippen LogP) is 0.972. The van der Waals surface area contributed by atoms with E-state index in [1.165, 1.54) is 10.9 Å². The van der Waals surface area contributed by atoms with Crippen LogP contribution in [-0.4, -0.2) is 30.2 Å². The summed E-state index contributed by atoms with van der Waals surface area (Å²) >= 11 is 0. The molecule has 8 heteroatoms. The SMILES string of the molecule is Cc1ncn(CC(=O)NCc2cccnc2-c2cnn(C)c2)c(=O)c1C. The number of carbonyl (C=O) groups is 1. The van der Waals surface area contributed by atoms with Crippen molar-refractivity contribution in [2.45, 2.75) is 26.9 Å². The minimum absolute atomic E-state index is 0.0740. The van der Waals surface area contributed by atoms with Crippen LogP contribution in [0.2, 0.25) is 0 Å². The zero-order valence-electron chi connectivity index (χ0n) is 14.9. The molecule has 26 heavy (non-hydrogen) atoms. The molecule has 3 aromatic heterocycles. The fourth-order valence-corrected chi connectivity index (χ4v) is 2.58. The second kappa shape index (κ2) is 7.30. The van der Waals surface area contributed by atoms with Gasteiger partial charge in [0.1, 0.15) is 6.54 Å². The molecule has 1 amide bonds. The molecule has 0 aromatic carbocycles. The Morgan fingerprint density at radius 2 is 2.08 bits per heavy atom. The maximum absolute atomic E-state index is 12.3. The van der Waals surface area contributed by atoms with Crippen molar-refractivity contribution >= 4 is 5.91 Å². The Morgan fingerprint density at radius 3 is 2.81 bits per heavy atom. The van der Waals surface area contributed by atoms with Gasteiger partial charge in [-0.05, 0) is 25.5 Å². The van der Waals surface area contributed by atoms with Gasteiger partial charge in [0.05, 0.1) is 18.2 Å². The standard InChI is InChI=1S/C18H20N6O2/c1-12-13(2)21-11-24(18(12)26)10-16(25)20-7-14-5-4-6-19-17(14)15-8-22-23(3)9-15/h4-6,8-9,11H,7,10H2,1-3H3,(H,20,25). The molecular weight excluding hydrogens is 332 g/mol. The lowest BCUT2D eigenvalue weighted by atomic mass is 10.1. The van der Waals surface area contributed by atoms with Crippen LogP contribution in [0.1, 0.15) is 16.8 Å². The fourth-order valence-electron chi connectivity index (χ4n) is 2.58. The summed E-state index contributed by atoms with van der Waals surface area (Å²) in [5, 5.41) is 6.99. The number of aromatic nitrogens is 5. The third-order valence-electron chi connectivity index (χ3n) is 4.17. The van der Waals surface area contributed by atoms with E-state index in [1.807, 2.05) is 25.4 Å². The normalized spacial score (nSPS) is 10.7. The first kappa shape index (κ1) is 17.5. The Labute approximate surface area is 150 Å². The zero-order chi connectivity index (χ0) is 18.7. The van der Waals surface area contributed by atoms with Crippen LogP contribution in [0.25, 0.3) is 11.3 Å². The van der Waals surface area contributed by atoms with Crippen LogP contribution in [0.3, 0.4) is 0 Å². The molecule has 0 saturated heterocycles. The summed E-state index contributed by atoms with van der Waals surface area (Å²) in [4.78, 5) is 32.9. The van der Waals surface area contributed by atoms with Crippen LogP contribution in [0, 0.1) is 13.8 Å². The van der Waals surface area contributed by atoms with Gasteiger partial charge in [0.2, 0.25) is 5.91 Å². The van der Waals surface area contributed by atoms with Gasteiger partial charge < -0.3 is 5.32 Å². The third-order valence-corrected chi connectivity index (χ3v) is 4.17. The Kier molecular flexibility index (Phi) is 4.92. The molecule has 134 valence electrons. The summed E-state index contributed by atoms with van der Waals surface area (Å²) in [6, 6.07) is 3.72. The van der Waals surface area contributed by atoms with E-state index in [9.17, 15) is 9.59 Å². The lowest BCUT2D eigenvalue weighted by Gasteiger charge is -2.10. The molecule has 0 aliphatic heterocycles. The van der Waals surface area contributed by atoms with Gasteiger partial charge in [0.25, 0.3) is 5.56 Å². The first-order valence-corrected chi connectivity index (χ1v) is 8.18. The van der Waals surface area contributed by atoms with Crippen LogP contribution in [-0.2, 0) is 24.9 Å². The number of aryl methyl sites for hydroxylation is 2. The molecule has 0 bridgehead atoms. The van der Waals surface area contributed by atoms with Crippen LogP contribution >= 0.6 is 0 Å². The predicted molar refractivity (Wildman–Crippen MR) is 96.3 cm³/mol. The van der Waals surface area contributed by atoms with E-state index in [4.69, 9.17) is 0 Å². The van der Waals surface area contributed by atoms with Gasteiger partial charge in [-0.3, -0.25) is 23.8 Å². The quantitative estimate of drug-likeness (QED) is 0.738. The molecule has 0 radical (unpaired) electrons. The van der Waals surface area contributed by atoms with E-state index in [2.05, 4.69) is 20.4 Å². The molecule has 0 unspecified atom stereocenters. The number of nitrogens with zero attached hydrogens (tertiary/aromatic N) is 5. The first-order chi connectivity index (χ1) is 12.5. The average molecular weight is 352 g/mol. The molecule has 8 nitrogen and oxygen atoms in total. The van der Waals surface area contributed by atoms with E-state index >= 15 is 0 Å². The maximum atomic E-state index is 12.3. The Morgan fingerprint density at radius 1 is 1.27 bits per heavy atom. The van der Waals surface area contributed by atoms with Crippen molar-refractivity contribution < 1.29 is 4.79 Å². The molecule has 0 aliphatic carbocycles. The zero-order valence-corrected chi connectivity index (χ0v) is 14.9. The van der Waals surface area contributed by atoms with E-state index in [0.29, 0.717) is 17.8 Å². The average Bonchev–Trinajstić information content (AvgIpc) is 3.07. The van der Waals surface area contributed by atoms with Crippen molar-refractivity contribution in [3.8, 4) is 11.3 Å². The fraction of sp³-hybridized carbons (Fsp3) is 0.278. The number of carbonyl (C=O) groups excluding carboxylic acids is 1. The van der Waals surface area contributed by atoms with E-state index in [0.717, 1.165) is 16.8 Å². The summed E-state index contributed by atoms with van der Waals surface area (Å²) in [5.74, 6) is -0.266. The molecule has 1 N–H and O–H groups in total.